The SMILES string of the molecule is COC(=O)COc1ccc(OCc2cc(Br)cc(-c3ccc(OC)cc3)c2)cc1C.COc1ccc(-c2cc(COc3ccc(OCC(=O)O)c(C)c3)cc(-c3ccc(OC(F)(F)F)cc3)c2)cc1.OB(O)c1ccc(OC(F)(F)F)cc1. The zero-order valence-electron chi connectivity index (χ0n) is 45.0. The second-order valence-electron chi connectivity index (χ2n) is 17.8. The minimum absolute atomic E-state index is 0.0968. The van der Waals surface area contributed by atoms with Crippen molar-refractivity contribution in [1.29, 1.82) is 0 Å². The van der Waals surface area contributed by atoms with Crippen LogP contribution in [0.2, 0.25) is 0 Å². The van der Waals surface area contributed by atoms with Crippen LogP contribution in [0.1, 0.15) is 22.3 Å². The summed E-state index contributed by atoms with van der Waals surface area (Å²) >= 11 is 3.59. The predicted molar refractivity (Wildman–Crippen MR) is 301 cm³/mol. The smallest absolute Gasteiger partial charge is 0.497 e. The number of carbonyl (C=O) groups is 2. The van der Waals surface area contributed by atoms with E-state index in [-0.39, 0.29) is 24.4 Å². The molecule has 0 aliphatic heterocycles. The molecule has 0 radical (unpaired) electrons. The zero-order chi connectivity index (χ0) is 60.3. The summed E-state index contributed by atoms with van der Waals surface area (Å²) in [6.45, 7) is 3.76. The van der Waals surface area contributed by atoms with Crippen LogP contribution in [0.4, 0.5) is 26.3 Å². The number of ether oxygens (including phenoxy) is 9. The molecule has 0 aliphatic rings. The lowest BCUT2D eigenvalue weighted by atomic mass is 9.80. The minimum Gasteiger partial charge on any atom is -0.497 e. The van der Waals surface area contributed by atoms with Crippen molar-refractivity contribution >= 4 is 40.4 Å². The highest BCUT2D eigenvalue weighted by atomic mass is 79.9. The molecule has 0 aliphatic carbocycles. The third-order valence-corrected chi connectivity index (χ3v) is 12.1. The number of aliphatic carboxylic acids is 1. The Morgan fingerprint density at radius 2 is 0.831 bits per heavy atom. The summed E-state index contributed by atoms with van der Waals surface area (Å²) in [5, 5.41) is 26.1. The second-order valence-corrected chi connectivity index (χ2v) is 18.7. The number of benzene rings is 8. The lowest BCUT2D eigenvalue weighted by Gasteiger charge is -2.14. The molecule has 14 nitrogen and oxygen atoms in total. The molecular weight excluding hydrogens is 1160 g/mol. The third-order valence-electron chi connectivity index (χ3n) is 11.7. The normalized spacial score (nSPS) is 10.9. The molecule has 0 atom stereocenters. The van der Waals surface area contributed by atoms with Crippen molar-refractivity contribution in [1.82, 2.24) is 0 Å². The monoisotopic (exact) mass is 1210 g/mol. The zero-order valence-corrected chi connectivity index (χ0v) is 46.6. The first-order valence-corrected chi connectivity index (χ1v) is 25.6. The molecule has 0 saturated heterocycles. The fourth-order valence-electron chi connectivity index (χ4n) is 7.68. The molecule has 83 heavy (non-hydrogen) atoms. The summed E-state index contributed by atoms with van der Waals surface area (Å²) in [6, 6.07) is 48.1. The van der Waals surface area contributed by atoms with Crippen LogP contribution < -0.4 is 43.4 Å². The molecule has 8 rings (SSSR count). The van der Waals surface area contributed by atoms with Crippen molar-refractivity contribution in [3.63, 3.8) is 0 Å². The first kappa shape index (κ1) is 63.3. The van der Waals surface area contributed by atoms with Gasteiger partial charge in [0, 0.05) is 4.47 Å². The van der Waals surface area contributed by atoms with Gasteiger partial charge in [0.25, 0.3) is 0 Å². The Morgan fingerprint density at radius 1 is 0.458 bits per heavy atom. The van der Waals surface area contributed by atoms with E-state index in [1.54, 1.807) is 57.5 Å². The average Bonchev–Trinajstić information content (AvgIpc) is 3.47. The number of hydrogen-bond acceptors (Lipinski definition) is 13. The van der Waals surface area contributed by atoms with Crippen LogP contribution in [0.15, 0.2) is 174 Å². The van der Waals surface area contributed by atoms with E-state index >= 15 is 0 Å². The Hall–Kier alpha value is -8.86. The van der Waals surface area contributed by atoms with E-state index in [0.29, 0.717) is 35.2 Å². The van der Waals surface area contributed by atoms with Gasteiger partial charge in [0.15, 0.2) is 13.2 Å². The van der Waals surface area contributed by atoms with Crippen LogP contribution in [0.3, 0.4) is 0 Å². The second kappa shape index (κ2) is 29.7. The van der Waals surface area contributed by atoms with E-state index in [0.717, 1.165) is 90.3 Å². The molecular formula is C61H54BBrF6O14. The van der Waals surface area contributed by atoms with E-state index in [9.17, 15) is 35.9 Å². The molecule has 22 heteroatoms. The molecule has 0 unspecified atom stereocenters. The van der Waals surface area contributed by atoms with Gasteiger partial charge in [-0.1, -0.05) is 64.5 Å². The van der Waals surface area contributed by atoms with E-state index in [2.05, 4.69) is 42.3 Å². The van der Waals surface area contributed by atoms with Gasteiger partial charge in [0.1, 0.15) is 59.2 Å². The fraction of sp³-hybridized carbons (Fsp3) is 0.180. The van der Waals surface area contributed by atoms with Crippen molar-refractivity contribution in [3.8, 4) is 79.4 Å². The minimum atomic E-state index is -4.76. The number of esters is 1. The van der Waals surface area contributed by atoms with Gasteiger partial charge in [0.2, 0.25) is 0 Å². The highest BCUT2D eigenvalue weighted by Gasteiger charge is 2.32. The standard InChI is InChI=1S/C30H25F3O6.C24H23BrO5.C7H6BF3O3/c1-19-13-27(11-12-28(19)38-18-29(34)35)37-17-20-14-23(21-3-7-25(36-2)8-4-21)16-24(15-20)22-5-9-26(10-6-22)39-30(31,32)33;1-16-10-22(8-9-23(16)30-15-24(26)28-3)29-14-17-11-19(13-20(25)12-17)18-4-6-21(27-2)7-5-18;9-7(10,11)14-6-3-1-5(2-4-6)8(12)13/h3-16H,17-18H2,1-2H3,(H,34,35);4-13H,14-15H2,1-3H3;1-4,12-13H. The number of carboxylic acids is 1. The Bertz CT molecular complexity index is 3400. The number of rotatable bonds is 20. The molecule has 0 amide bonds. The predicted octanol–water partition coefficient (Wildman–Crippen LogP) is 13.1. The Balaban J connectivity index is 0.000000221. The fourth-order valence-corrected chi connectivity index (χ4v) is 8.22. The van der Waals surface area contributed by atoms with Crippen LogP contribution in [-0.2, 0) is 27.5 Å². The summed E-state index contributed by atoms with van der Waals surface area (Å²) < 4.78 is 119. The van der Waals surface area contributed by atoms with Crippen LogP contribution in [0.5, 0.6) is 46.0 Å². The van der Waals surface area contributed by atoms with E-state index in [1.165, 1.54) is 19.2 Å². The third kappa shape index (κ3) is 20.9. The summed E-state index contributed by atoms with van der Waals surface area (Å²) in [5.41, 5.74) is 9.06. The number of methoxy groups -OCH3 is 3. The van der Waals surface area contributed by atoms with Crippen molar-refractivity contribution < 1.29 is 93.7 Å². The number of aryl methyl sites for hydroxylation is 2. The topological polar surface area (TPSA) is 178 Å². The van der Waals surface area contributed by atoms with Gasteiger partial charge in [-0.15, -0.1) is 26.3 Å². The Morgan fingerprint density at radius 3 is 1.20 bits per heavy atom. The van der Waals surface area contributed by atoms with Gasteiger partial charge in [-0.05, 0) is 196 Å². The maximum atomic E-state index is 12.6. The van der Waals surface area contributed by atoms with Crippen LogP contribution >= 0.6 is 15.9 Å². The molecule has 0 aromatic heterocycles. The van der Waals surface area contributed by atoms with Gasteiger partial charge < -0.3 is 57.8 Å². The van der Waals surface area contributed by atoms with Gasteiger partial charge in [-0.3, -0.25) is 0 Å². The van der Waals surface area contributed by atoms with Crippen molar-refractivity contribution in [2.24, 2.45) is 0 Å². The number of carbonyl (C=O) groups excluding carboxylic acids is 1. The first-order chi connectivity index (χ1) is 39.5. The Kier molecular flexibility index (Phi) is 22.7. The molecule has 8 aromatic carbocycles. The molecule has 0 spiro atoms. The maximum Gasteiger partial charge on any atom is 0.573 e. The molecule has 434 valence electrons. The van der Waals surface area contributed by atoms with Crippen LogP contribution in [0.25, 0.3) is 33.4 Å². The van der Waals surface area contributed by atoms with Crippen molar-refractivity contribution in [3.05, 3.63) is 197 Å². The van der Waals surface area contributed by atoms with Gasteiger partial charge in [-0.25, -0.2) is 9.59 Å². The summed E-state index contributed by atoms with van der Waals surface area (Å²) in [7, 11) is 2.87. The Labute approximate surface area is 482 Å². The number of alkyl halides is 6. The van der Waals surface area contributed by atoms with Gasteiger partial charge in [0.05, 0.1) is 21.3 Å². The lowest BCUT2D eigenvalue weighted by molar-refractivity contribution is -0.275. The number of halogens is 7. The largest absolute Gasteiger partial charge is 0.573 e. The van der Waals surface area contributed by atoms with Gasteiger partial charge >= 0.3 is 31.8 Å². The first-order valence-electron chi connectivity index (χ1n) is 24.8. The van der Waals surface area contributed by atoms with E-state index < -0.39 is 44.1 Å². The van der Waals surface area contributed by atoms with Crippen molar-refractivity contribution in [2.45, 2.75) is 39.8 Å². The summed E-state index contributed by atoms with van der Waals surface area (Å²) in [4.78, 5) is 22.0. The quantitative estimate of drug-likeness (QED) is 0.0373. The van der Waals surface area contributed by atoms with Crippen molar-refractivity contribution in [2.75, 3.05) is 34.5 Å². The lowest BCUT2D eigenvalue weighted by Crippen LogP contribution is -2.29. The molecule has 0 fully saturated rings. The van der Waals surface area contributed by atoms with Crippen LogP contribution in [-0.4, -0.2) is 81.5 Å². The molecule has 3 N–H and O–H groups in total. The summed E-state index contributed by atoms with van der Waals surface area (Å²) in [6.07, 6.45) is -9.50. The number of hydrogen-bond donors (Lipinski definition) is 3. The van der Waals surface area contributed by atoms with Crippen LogP contribution in [0, 0.1) is 13.8 Å². The average molecular weight is 1220 g/mol. The molecule has 0 saturated carbocycles. The van der Waals surface area contributed by atoms with Gasteiger partial charge in [-0.2, -0.15) is 0 Å². The highest BCUT2D eigenvalue weighted by molar-refractivity contribution is 9.10. The van der Waals surface area contributed by atoms with E-state index in [1.807, 2.05) is 91.9 Å². The molecule has 0 heterocycles. The highest BCUT2D eigenvalue weighted by Crippen LogP contribution is 2.34. The summed E-state index contributed by atoms with van der Waals surface area (Å²) in [5.74, 6) is 1.72. The molecule has 8 aromatic rings. The maximum absolute atomic E-state index is 12.6. The number of carboxylic acid groups (broad SMARTS) is 1. The molecule has 0 bridgehead atoms. The van der Waals surface area contributed by atoms with E-state index in [4.69, 9.17) is 43.6 Å².